The largest absolute Gasteiger partial charge is 0.325 e. The maximum absolute atomic E-state index is 12.4. The summed E-state index contributed by atoms with van der Waals surface area (Å²) in [6.45, 7) is 5.97. The molecule has 1 fully saturated rings. The third kappa shape index (κ3) is 3.02. The van der Waals surface area contributed by atoms with Gasteiger partial charge in [0, 0.05) is 6.54 Å². The molecule has 0 unspecified atom stereocenters. The summed E-state index contributed by atoms with van der Waals surface area (Å²) >= 11 is 0. The number of aromatic nitrogens is 4. The number of carbonyl (C=O) groups is 1. The monoisotopic (exact) mass is 339 g/mol. The molecular formula is C18H21N5O2. The van der Waals surface area contributed by atoms with Crippen molar-refractivity contribution in [2.24, 2.45) is 0 Å². The summed E-state index contributed by atoms with van der Waals surface area (Å²) in [6, 6.07) is 6.02. The lowest BCUT2D eigenvalue weighted by atomic mass is 10.1. The second kappa shape index (κ2) is 6.33. The molecule has 0 atom stereocenters. The average Bonchev–Trinajstić information content (AvgIpc) is 3.24. The Balaban J connectivity index is 1.55. The smallest absolute Gasteiger partial charge is 0.297 e. The first kappa shape index (κ1) is 15.8. The van der Waals surface area contributed by atoms with Crippen LogP contribution >= 0.6 is 0 Å². The lowest BCUT2D eigenvalue weighted by Crippen LogP contribution is -2.35. The van der Waals surface area contributed by atoms with Gasteiger partial charge < -0.3 is 4.57 Å². The van der Waals surface area contributed by atoms with Crippen molar-refractivity contribution in [2.45, 2.75) is 33.2 Å². The lowest BCUT2D eigenvalue weighted by Gasteiger charge is -2.24. The Morgan fingerprint density at radius 2 is 2.08 bits per heavy atom. The number of hydroxylamine groups is 2. The standard InChI is InChI=1S/C18H21N5O2/c1-12-7-15-17(8-13(12)2)22(11-19-15)10-14-9-16(21-20-14)18(24)23-5-3-4-6-25-23/h7-9,11H,3-6,10H2,1-2H3,(H,20,21). The van der Waals surface area contributed by atoms with Crippen LogP contribution in [0.3, 0.4) is 0 Å². The van der Waals surface area contributed by atoms with Crippen molar-refractivity contribution in [3.63, 3.8) is 0 Å². The Hall–Kier alpha value is -2.67. The Morgan fingerprint density at radius 1 is 1.24 bits per heavy atom. The summed E-state index contributed by atoms with van der Waals surface area (Å²) in [5, 5.41) is 8.51. The number of hydrogen-bond donors (Lipinski definition) is 1. The fourth-order valence-electron chi connectivity index (χ4n) is 3.06. The van der Waals surface area contributed by atoms with Crippen LogP contribution in [0.15, 0.2) is 24.5 Å². The topological polar surface area (TPSA) is 76.0 Å². The maximum atomic E-state index is 12.4. The van der Waals surface area contributed by atoms with Gasteiger partial charge in [-0.3, -0.25) is 14.7 Å². The van der Waals surface area contributed by atoms with Gasteiger partial charge in [-0.15, -0.1) is 0 Å². The van der Waals surface area contributed by atoms with Crippen LogP contribution in [0, 0.1) is 13.8 Å². The van der Waals surface area contributed by atoms with Crippen molar-refractivity contribution in [2.75, 3.05) is 13.2 Å². The highest BCUT2D eigenvalue weighted by Crippen LogP contribution is 2.19. The van der Waals surface area contributed by atoms with Gasteiger partial charge in [-0.05, 0) is 56.0 Å². The number of H-pyrrole nitrogens is 1. The first-order chi connectivity index (χ1) is 12.1. The van der Waals surface area contributed by atoms with Gasteiger partial charge in [0.1, 0.15) is 0 Å². The fraction of sp³-hybridized carbons (Fsp3) is 0.389. The van der Waals surface area contributed by atoms with Crippen molar-refractivity contribution >= 4 is 16.9 Å². The van der Waals surface area contributed by atoms with Gasteiger partial charge in [0.15, 0.2) is 5.69 Å². The predicted molar refractivity (Wildman–Crippen MR) is 93.1 cm³/mol. The first-order valence-corrected chi connectivity index (χ1v) is 8.53. The van der Waals surface area contributed by atoms with E-state index in [0.717, 1.165) is 29.6 Å². The van der Waals surface area contributed by atoms with Crippen LogP contribution in [-0.4, -0.2) is 43.9 Å². The van der Waals surface area contributed by atoms with E-state index in [9.17, 15) is 4.79 Å². The summed E-state index contributed by atoms with van der Waals surface area (Å²) in [6.07, 6.45) is 3.77. The number of rotatable bonds is 3. The quantitative estimate of drug-likeness (QED) is 0.796. The molecule has 0 aliphatic carbocycles. The zero-order valence-electron chi connectivity index (χ0n) is 14.5. The van der Waals surface area contributed by atoms with Gasteiger partial charge in [-0.2, -0.15) is 5.10 Å². The minimum Gasteiger partial charge on any atom is -0.325 e. The number of amides is 1. The molecule has 3 heterocycles. The van der Waals surface area contributed by atoms with Gasteiger partial charge in [0.2, 0.25) is 0 Å². The van der Waals surface area contributed by atoms with Crippen LogP contribution in [0.2, 0.25) is 0 Å². The van der Waals surface area contributed by atoms with Crippen LogP contribution in [0.1, 0.15) is 40.2 Å². The Bertz CT molecular complexity index is 921. The summed E-state index contributed by atoms with van der Waals surface area (Å²) in [7, 11) is 0. The van der Waals surface area contributed by atoms with E-state index >= 15 is 0 Å². The molecule has 0 bridgehead atoms. The molecular weight excluding hydrogens is 318 g/mol. The molecule has 0 saturated carbocycles. The zero-order valence-corrected chi connectivity index (χ0v) is 14.5. The summed E-state index contributed by atoms with van der Waals surface area (Å²) in [4.78, 5) is 22.3. The summed E-state index contributed by atoms with van der Waals surface area (Å²) in [5.74, 6) is -0.191. The molecule has 1 N–H and O–H groups in total. The van der Waals surface area contributed by atoms with E-state index in [4.69, 9.17) is 4.84 Å². The molecule has 130 valence electrons. The Labute approximate surface area is 145 Å². The molecule has 2 aromatic heterocycles. The van der Waals surface area contributed by atoms with Crippen molar-refractivity contribution < 1.29 is 9.63 Å². The molecule has 0 radical (unpaired) electrons. The zero-order chi connectivity index (χ0) is 17.4. The van der Waals surface area contributed by atoms with Crippen LogP contribution in [0.4, 0.5) is 0 Å². The summed E-state index contributed by atoms with van der Waals surface area (Å²) < 4.78 is 2.06. The van der Waals surface area contributed by atoms with E-state index in [1.54, 1.807) is 6.07 Å². The molecule has 4 rings (SSSR count). The van der Waals surface area contributed by atoms with Crippen LogP contribution in [-0.2, 0) is 11.4 Å². The normalized spacial score (nSPS) is 15.0. The number of nitrogens with zero attached hydrogens (tertiary/aromatic N) is 4. The van der Waals surface area contributed by atoms with Crippen molar-refractivity contribution in [1.82, 2.24) is 24.8 Å². The average molecular weight is 339 g/mol. The highest BCUT2D eigenvalue weighted by Gasteiger charge is 2.22. The molecule has 7 heteroatoms. The number of benzene rings is 1. The number of fused-ring (bicyclic) bond motifs is 1. The van der Waals surface area contributed by atoms with E-state index in [-0.39, 0.29) is 5.91 Å². The van der Waals surface area contributed by atoms with E-state index in [2.05, 4.69) is 45.7 Å². The number of nitrogens with one attached hydrogen (secondary N) is 1. The van der Waals surface area contributed by atoms with Crippen LogP contribution in [0.25, 0.3) is 11.0 Å². The molecule has 25 heavy (non-hydrogen) atoms. The van der Waals surface area contributed by atoms with Crippen LogP contribution in [0.5, 0.6) is 0 Å². The molecule has 7 nitrogen and oxygen atoms in total. The molecule has 1 amide bonds. The minimum absolute atomic E-state index is 0.191. The number of hydrogen-bond acceptors (Lipinski definition) is 4. The van der Waals surface area contributed by atoms with Gasteiger partial charge in [0.25, 0.3) is 5.91 Å². The van der Waals surface area contributed by atoms with Gasteiger partial charge >= 0.3 is 0 Å². The molecule has 1 aromatic carbocycles. The minimum atomic E-state index is -0.191. The van der Waals surface area contributed by atoms with Gasteiger partial charge in [-0.1, -0.05) is 0 Å². The van der Waals surface area contributed by atoms with E-state index < -0.39 is 0 Å². The number of aromatic amines is 1. The highest BCUT2D eigenvalue weighted by molar-refractivity contribution is 5.91. The first-order valence-electron chi connectivity index (χ1n) is 8.53. The molecule has 3 aromatic rings. The molecule has 1 aliphatic heterocycles. The maximum Gasteiger partial charge on any atom is 0.297 e. The van der Waals surface area contributed by atoms with Gasteiger partial charge in [-0.25, -0.2) is 10.0 Å². The Kier molecular flexibility index (Phi) is 4.01. The van der Waals surface area contributed by atoms with Crippen molar-refractivity contribution in [1.29, 1.82) is 0 Å². The fourth-order valence-corrected chi connectivity index (χ4v) is 3.06. The van der Waals surface area contributed by atoms with E-state index in [1.807, 2.05) is 6.33 Å². The third-order valence-electron chi connectivity index (χ3n) is 4.66. The van der Waals surface area contributed by atoms with E-state index in [0.29, 0.717) is 25.4 Å². The lowest BCUT2D eigenvalue weighted by molar-refractivity contribution is -0.144. The Morgan fingerprint density at radius 3 is 2.88 bits per heavy atom. The molecule has 0 spiro atoms. The van der Waals surface area contributed by atoms with Crippen molar-refractivity contribution in [3.8, 4) is 0 Å². The number of aryl methyl sites for hydroxylation is 2. The SMILES string of the molecule is Cc1cc2ncn(Cc3cc(C(=O)N4CCCCO4)n[nH]3)c2cc1C. The number of carbonyl (C=O) groups excluding carboxylic acids is 1. The summed E-state index contributed by atoms with van der Waals surface area (Å²) in [5.41, 5.74) is 5.75. The highest BCUT2D eigenvalue weighted by atomic mass is 16.7. The van der Waals surface area contributed by atoms with Crippen molar-refractivity contribution in [3.05, 3.63) is 47.0 Å². The number of imidazole rings is 1. The predicted octanol–water partition coefficient (Wildman–Crippen LogP) is 2.59. The molecule has 1 saturated heterocycles. The second-order valence-corrected chi connectivity index (χ2v) is 6.52. The molecule has 1 aliphatic rings. The van der Waals surface area contributed by atoms with Gasteiger partial charge in [0.05, 0.1) is 36.2 Å². The second-order valence-electron chi connectivity index (χ2n) is 6.52. The van der Waals surface area contributed by atoms with E-state index in [1.165, 1.54) is 16.2 Å². The third-order valence-corrected chi connectivity index (χ3v) is 4.66. The van der Waals surface area contributed by atoms with Crippen LogP contribution < -0.4 is 0 Å².